The van der Waals surface area contributed by atoms with E-state index in [2.05, 4.69) is 20.8 Å². The molecule has 0 radical (unpaired) electrons. The summed E-state index contributed by atoms with van der Waals surface area (Å²) in [5.74, 6) is 3.44. The lowest BCUT2D eigenvalue weighted by atomic mass is 10.3. The first-order valence-electron chi connectivity index (χ1n) is 3.85. The third-order valence-corrected chi connectivity index (χ3v) is 1.97. The molecule has 0 saturated heterocycles. The summed E-state index contributed by atoms with van der Waals surface area (Å²) in [5, 5.41) is 0. The fourth-order valence-corrected chi connectivity index (χ4v) is 1.06. The summed E-state index contributed by atoms with van der Waals surface area (Å²) in [7, 11) is 0. The second kappa shape index (κ2) is 11.2. The summed E-state index contributed by atoms with van der Waals surface area (Å²) in [6.07, 6.45) is 0. The molecule has 0 heterocycles. The first-order valence-corrected chi connectivity index (χ1v) is 5.00. The maximum atomic E-state index is 2.25. The molecule has 0 N–H and O–H groups in total. The molecule has 1 heteroatoms. The Balaban J connectivity index is 0. The fraction of sp³-hybridized carbons (Fsp3) is 1.00. The molecule has 0 amide bonds. The van der Waals surface area contributed by atoms with Gasteiger partial charge < -0.3 is 0 Å². The van der Waals surface area contributed by atoms with Crippen LogP contribution in [0.4, 0.5) is 0 Å². The van der Waals surface area contributed by atoms with Gasteiger partial charge in [0.2, 0.25) is 0 Å². The van der Waals surface area contributed by atoms with E-state index in [1.54, 1.807) is 0 Å². The summed E-state index contributed by atoms with van der Waals surface area (Å²) in [6.45, 7) is 10.7. The van der Waals surface area contributed by atoms with Crippen LogP contribution in [0.15, 0.2) is 0 Å². The van der Waals surface area contributed by atoms with Gasteiger partial charge in [-0.3, -0.25) is 0 Å². The summed E-state index contributed by atoms with van der Waals surface area (Å²) in [5.41, 5.74) is 0. The molecule has 0 spiro atoms. The van der Waals surface area contributed by atoms with Crippen LogP contribution in [0, 0.1) is 5.92 Å². The van der Waals surface area contributed by atoms with E-state index in [9.17, 15) is 0 Å². The molecule has 9 heavy (non-hydrogen) atoms. The van der Waals surface area contributed by atoms with Gasteiger partial charge in [0.05, 0.1) is 0 Å². The quantitative estimate of drug-likeness (QED) is 0.591. The predicted molar refractivity (Wildman–Crippen MR) is 49.2 cm³/mol. The zero-order chi connectivity index (χ0) is 7.70. The third-order valence-electron chi connectivity index (χ3n) is 0.655. The molecule has 0 aliphatic rings. The van der Waals surface area contributed by atoms with Crippen molar-refractivity contribution in [1.29, 1.82) is 0 Å². The van der Waals surface area contributed by atoms with Gasteiger partial charge in [-0.05, 0) is 17.4 Å². The van der Waals surface area contributed by atoms with Gasteiger partial charge in [-0.1, -0.05) is 34.6 Å². The molecule has 0 rings (SSSR count). The highest BCUT2D eigenvalue weighted by Crippen LogP contribution is 2.04. The first-order chi connectivity index (χ1) is 4.27. The highest BCUT2D eigenvalue weighted by atomic mass is 32.2. The lowest BCUT2D eigenvalue weighted by Crippen LogP contribution is -1.89. The number of thioether (sulfide) groups is 1. The van der Waals surface area contributed by atoms with E-state index in [1.165, 1.54) is 11.5 Å². The molecule has 0 aromatic carbocycles. The van der Waals surface area contributed by atoms with Gasteiger partial charge in [0.15, 0.2) is 0 Å². The maximum Gasteiger partial charge on any atom is -0.00445 e. The zero-order valence-electron chi connectivity index (χ0n) is 7.40. The largest absolute Gasteiger partial charge is 0.162 e. The van der Waals surface area contributed by atoms with E-state index in [4.69, 9.17) is 0 Å². The van der Waals surface area contributed by atoms with Crippen molar-refractivity contribution in [3.05, 3.63) is 0 Å². The molecule has 0 fully saturated rings. The summed E-state index contributed by atoms with van der Waals surface area (Å²) in [6, 6.07) is 0. The summed E-state index contributed by atoms with van der Waals surface area (Å²) >= 11 is 2.02. The van der Waals surface area contributed by atoms with Crippen LogP contribution in [0.1, 0.15) is 34.6 Å². The third kappa shape index (κ3) is 17.8. The molecule has 0 aliphatic carbocycles. The Kier molecular flexibility index (Phi) is 15.0. The molecular formula is C8H20S. The monoisotopic (exact) mass is 148 g/mol. The Bertz CT molecular complexity index is 33.5. The minimum atomic E-state index is 0.866. The van der Waals surface area contributed by atoms with Crippen LogP contribution in [0.2, 0.25) is 0 Å². The van der Waals surface area contributed by atoms with Crippen molar-refractivity contribution in [3.8, 4) is 0 Å². The standard InChI is InChI=1S/C6H14S.C2H6/c1-4-7-5-6(2)3;1-2/h6H,4-5H2,1-3H3;1-2H3. The predicted octanol–water partition coefficient (Wildman–Crippen LogP) is 3.42. The van der Waals surface area contributed by atoms with Crippen LogP contribution in [0.5, 0.6) is 0 Å². The van der Waals surface area contributed by atoms with Crippen LogP contribution < -0.4 is 0 Å². The number of rotatable bonds is 3. The second-order valence-corrected chi connectivity index (χ2v) is 3.37. The molecule has 0 saturated carbocycles. The Morgan fingerprint density at radius 1 is 1.22 bits per heavy atom. The van der Waals surface area contributed by atoms with Crippen molar-refractivity contribution in [2.24, 2.45) is 5.92 Å². The van der Waals surface area contributed by atoms with Gasteiger partial charge in [-0.2, -0.15) is 11.8 Å². The van der Waals surface area contributed by atoms with Gasteiger partial charge in [0.1, 0.15) is 0 Å². The van der Waals surface area contributed by atoms with Crippen LogP contribution in [-0.2, 0) is 0 Å². The molecular weight excluding hydrogens is 128 g/mol. The zero-order valence-corrected chi connectivity index (χ0v) is 8.22. The smallest absolute Gasteiger partial charge is 0.00445 e. The molecule has 0 aromatic heterocycles. The molecule has 0 atom stereocenters. The lowest BCUT2D eigenvalue weighted by molar-refractivity contribution is 0.750. The maximum absolute atomic E-state index is 2.25. The van der Waals surface area contributed by atoms with Gasteiger partial charge >= 0.3 is 0 Å². The average Bonchev–Trinajstić information content (AvgIpc) is 1.88. The molecule has 58 valence electrons. The van der Waals surface area contributed by atoms with Crippen molar-refractivity contribution < 1.29 is 0 Å². The lowest BCUT2D eigenvalue weighted by Gasteiger charge is -1.98. The van der Waals surface area contributed by atoms with E-state index in [-0.39, 0.29) is 0 Å². The average molecular weight is 148 g/mol. The molecule has 0 unspecified atom stereocenters. The summed E-state index contributed by atoms with van der Waals surface area (Å²) < 4.78 is 0. The molecule has 0 nitrogen and oxygen atoms in total. The fourth-order valence-electron chi connectivity index (χ4n) is 0.354. The molecule has 0 bridgehead atoms. The van der Waals surface area contributed by atoms with Gasteiger partial charge in [-0.25, -0.2) is 0 Å². The van der Waals surface area contributed by atoms with Crippen molar-refractivity contribution in [2.75, 3.05) is 11.5 Å². The molecule has 0 aliphatic heterocycles. The van der Waals surface area contributed by atoms with Crippen LogP contribution in [-0.4, -0.2) is 11.5 Å². The van der Waals surface area contributed by atoms with E-state index in [1.807, 2.05) is 25.6 Å². The SMILES string of the molecule is CC.CCSCC(C)C. The highest BCUT2D eigenvalue weighted by molar-refractivity contribution is 7.99. The van der Waals surface area contributed by atoms with Crippen molar-refractivity contribution >= 4 is 11.8 Å². The Labute approximate surface area is 64.4 Å². The summed E-state index contributed by atoms with van der Waals surface area (Å²) in [4.78, 5) is 0. The highest BCUT2D eigenvalue weighted by Gasteiger charge is 1.88. The van der Waals surface area contributed by atoms with E-state index in [0.29, 0.717) is 0 Å². The second-order valence-electron chi connectivity index (χ2n) is 2.05. The van der Waals surface area contributed by atoms with Crippen LogP contribution >= 0.6 is 11.8 Å². The topological polar surface area (TPSA) is 0 Å². The number of hydrogen-bond donors (Lipinski definition) is 0. The Morgan fingerprint density at radius 3 is 1.78 bits per heavy atom. The van der Waals surface area contributed by atoms with Crippen molar-refractivity contribution in [1.82, 2.24) is 0 Å². The van der Waals surface area contributed by atoms with Gasteiger partial charge in [0.25, 0.3) is 0 Å². The van der Waals surface area contributed by atoms with E-state index in [0.717, 1.165) is 5.92 Å². The van der Waals surface area contributed by atoms with Gasteiger partial charge in [0, 0.05) is 0 Å². The first kappa shape index (κ1) is 12.1. The molecule has 0 aromatic rings. The minimum absolute atomic E-state index is 0.866. The Morgan fingerprint density at radius 2 is 1.67 bits per heavy atom. The van der Waals surface area contributed by atoms with Crippen LogP contribution in [0.25, 0.3) is 0 Å². The normalized spacial score (nSPS) is 8.67. The van der Waals surface area contributed by atoms with Crippen molar-refractivity contribution in [2.45, 2.75) is 34.6 Å². The van der Waals surface area contributed by atoms with E-state index >= 15 is 0 Å². The van der Waals surface area contributed by atoms with Crippen LogP contribution in [0.3, 0.4) is 0 Å². The van der Waals surface area contributed by atoms with E-state index < -0.39 is 0 Å². The van der Waals surface area contributed by atoms with Gasteiger partial charge in [-0.15, -0.1) is 0 Å². The number of hydrogen-bond acceptors (Lipinski definition) is 1. The Hall–Kier alpha value is 0.350. The van der Waals surface area contributed by atoms with Crippen molar-refractivity contribution in [3.63, 3.8) is 0 Å². The minimum Gasteiger partial charge on any atom is -0.162 e.